The summed E-state index contributed by atoms with van der Waals surface area (Å²) >= 11 is 0. The third-order valence-corrected chi connectivity index (χ3v) is 11.2. The summed E-state index contributed by atoms with van der Waals surface area (Å²) in [7, 11) is 0. The van der Waals surface area contributed by atoms with Gasteiger partial charge in [0.25, 0.3) is 0 Å². The summed E-state index contributed by atoms with van der Waals surface area (Å²) in [5, 5.41) is 71.8. The van der Waals surface area contributed by atoms with Gasteiger partial charge in [-0.3, -0.25) is 9.59 Å². The number of rotatable bonds is 35. The number of unbranched alkanes of at least 4 members (excludes halogenated alkanes) is 17. The minimum atomic E-state index is -1.76. The summed E-state index contributed by atoms with van der Waals surface area (Å²) in [6.45, 7) is 2.50. The van der Waals surface area contributed by atoms with Gasteiger partial charge >= 0.3 is 11.9 Å². The molecule has 15 heteroatoms. The molecule has 11 atom stereocenters. The fourth-order valence-corrected chi connectivity index (χ4v) is 7.19. The maximum Gasteiger partial charge on any atom is 0.306 e. The predicted molar refractivity (Wildman–Crippen MR) is 229 cm³/mol. The highest BCUT2D eigenvalue weighted by molar-refractivity contribution is 5.70. The molecule has 0 aromatic rings. The van der Waals surface area contributed by atoms with Crippen molar-refractivity contribution in [3.8, 4) is 0 Å². The van der Waals surface area contributed by atoms with Crippen molar-refractivity contribution in [2.75, 3.05) is 26.4 Å². The van der Waals surface area contributed by atoms with E-state index in [2.05, 4.69) is 38.2 Å². The standard InChI is InChI=1S/C46H82O15/c1-3-5-7-9-11-13-15-16-17-19-21-23-25-27-29-38(49)59-34(31-56-37(48)28-26-24-22-20-18-14-12-10-8-6-4-2)32-57-45-44(55)42(53)40(51)36(61-45)33-58-46-43(54)41(52)39(50)35(30-47)60-46/h10,12,15-16,34-36,39-47,50-55H,3-9,11,13-14,17-33H2,1-2H3/b12-10+,16-15+/t34-,35-,36-,39+,40+,41?,42?,43?,44?,45-,46-/m1/s1. The van der Waals surface area contributed by atoms with Crippen molar-refractivity contribution in [2.24, 2.45) is 0 Å². The molecule has 2 heterocycles. The number of esters is 2. The van der Waals surface area contributed by atoms with Gasteiger partial charge in [0.15, 0.2) is 18.7 Å². The fourth-order valence-electron chi connectivity index (χ4n) is 7.19. The van der Waals surface area contributed by atoms with Crippen molar-refractivity contribution in [3.05, 3.63) is 24.3 Å². The van der Waals surface area contributed by atoms with E-state index in [0.717, 1.165) is 77.0 Å². The van der Waals surface area contributed by atoms with Crippen LogP contribution in [0.15, 0.2) is 24.3 Å². The molecule has 0 aliphatic carbocycles. The first-order valence-corrected chi connectivity index (χ1v) is 23.4. The Balaban J connectivity index is 1.86. The second kappa shape index (κ2) is 34.4. The summed E-state index contributed by atoms with van der Waals surface area (Å²) in [4.78, 5) is 25.6. The van der Waals surface area contributed by atoms with Crippen LogP contribution >= 0.6 is 0 Å². The molecule has 0 aromatic heterocycles. The highest BCUT2D eigenvalue weighted by Gasteiger charge is 2.47. The Kier molecular flexibility index (Phi) is 31.1. The minimum Gasteiger partial charge on any atom is -0.462 e. The van der Waals surface area contributed by atoms with Gasteiger partial charge in [-0.2, -0.15) is 0 Å². The zero-order valence-corrected chi connectivity index (χ0v) is 37.1. The van der Waals surface area contributed by atoms with Gasteiger partial charge in [0, 0.05) is 12.8 Å². The Morgan fingerprint density at radius 2 is 0.951 bits per heavy atom. The van der Waals surface area contributed by atoms with Crippen LogP contribution in [-0.4, -0.2) is 142 Å². The van der Waals surface area contributed by atoms with E-state index < -0.39 is 92.7 Å². The fraction of sp³-hybridized carbons (Fsp3) is 0.870. The molecule has 0 amide bonds. The summed E-state index contributed by atoms with van der Waals surface area (Å²) in [5.41, 5.74) is 0. The van der Waals surface area contributed by atoms with Crippen molar-refractivity contribution in [1.82, 2.24) is 0 Å². The molecule has 61 heavy (non-hydrogen) atoms. The van der Waals surface area contributed by atoms with Crippen molar-refractivity contribution in [1.29, 1.82) is 0 Å². The normalized spacial score (nSPS) is 27.5. The Bertz CT molecular complexity index is 1170. The molecule has 2 rings (SSSR count). The average Bonchev–Trinajstić information content (AvgIpc) is 3.25. The van der Waals surface area contributed by atoms with Crippen LogP contribution in [0.25, 0.3) is 0 Å². The summed E-state index contributed by atoms with van der Waals surface area (Å²) in [6.07, 6.45) is 15.1. The minimum absolute atomic E-state index is 0.155. The lowest BCUT2D eigenvalue weighted by Crippen LogP contribution is -2.61. The molecule has 2 saturated heterocycles. The average molecular weight is 875 g/mol. The lowest BCUT2D eigenvalue weighted by molar-refractivity contribution is -0.332. The molecule has 2 fully saturated rings. The molecule has 15 nitrogen and oxygen atoms in total. The molecule has 2 aliphatic rings. The van der Waals surface area contributed by atoms with Gasteiger partial charge in [0.2, 0.25) is 0 Å². The second-order valence-electron chi connectivity index (χ2n) is 16.6. The van der Waals surface area contributed by atoms with Crippen LogP contribution < -0.4 is 0 Å². The van der Waals surface area contributed by atoms with Gasteiger partial charge < -0.3 is 64.2 Å². The topological polar surface area (TPSA) is 231 Å². The molecule has 4 unspecified atom stereocenters. The third-order valence-electron chi connectivity index (χ3n) is 11.2. The third kappa shape index (κ3) is 23.5. The van der Waals surface area contributed by atoms with Gasteiger partial charge in [-0.1, -0.05) is 115 Å². The molecule has 356 valence electrons. The smallest absolute Gasteiger partial charge is 0.306 e. The number of ether oxygens (including phenoxy) is 6. The summed E-state index contributed by atoms with van der Waals surface area (Å²) in [5.74, 6) is -0.947. The van der Waals surface area contributed by atoms with Gasteiger partial charge in [-0.15, -0.1) is 0 Å². The first kappa shape index (κ1) is 55.1. The van der Waals surface area contributed by atoms with Crippen molar-refractivity contribution in [2.45, 2.75) is 229 Å². The molecule has 0 saturated carbocycles. The van der Waals surface area contributed by atoms with E-state index in [9.17, 15) is 45.3 Å². The van der Waals surface area contributed by atoms with Gasteiger partial charge in [0.05, 0.1) is 19.8 Å². The lowest BCUT2D eigenvalue weighted by atomic mass is 9.98. The quantitative estimate of drug-likeness (QED) is 0.0246. The molecule has 0 bridgehead atoms. The molecule has 0 aromatic carbocycles. The van der Waals surface area contributed by atoms with Crippen LogP contribution in [-0.2, 0) is 38.0 Å². The number of aliphatic hydroxyl groups excluding tert-OH is 7. The Hall–Kier alpha value is -2.02. The predicted octanol–water partition coefficient (Wildman–Crippen LogP) is 5.21. The highest BCUT2D eigenvalue weighted by Crippen LogP contribution is 2.26. The summed E-state index contributed by atoms with van der Waals surface area (Å²) < 4.78 is 33.4. The van der Waals surface area contributed by atoms with Gasteiger partial charge in [-0.05, 0) is 57.8 Å². The van der Waals surface area contributed by atoms with Crippen LogP contribution in [0, 0.1) is 0 Å². The van der Waals surface area contributed by atoms with E-state index >= 15 is 0 Å². The number of allylic oxidation sites excluding steroid dienone is 4. The largest absolute Gasteiger partial charge is 0.462 e. The van der Waals surface area contributed by atoms with E-state index in [4.69, 9.17) is 28.4 Å². The van der Waals surface area contributed by atoms with Crippen LogP contribution in [0.5, 0.6) is 0 Å². The molecule has 7 N–H and O–H groups in total. The van der Waals surface area contributed by atoms with Gasteiger partial charge in [-0.25, -0.2) is 0 Å². The van der Waals surface area contributed by atoms with E-state index in [1.165, 1.54) is 44.9 Å². The number of carbonyl (C=O) groups is 2. The number of hydrogen-bond acceptors (Lipinski definition) is 15. The van der Waals surface area contributed by atoms with Crippen LogP contribution in [0.2, 0.25) is 0 Å². The van der Waals surface area contributed by atoms with E-state index in [-0.39, 0.29) is 26.1 Å². The Morgan fingerprint density at radius 1 is 0.508 bits per heavy atom. The number of hydrogen-bond donors (Lipinski definition) is 7. The van der Waals surface area contributed by atoms with E-state index in [1.54, 1.807) is 0 Å². The first-order chi connectivity index (χ1) is 29.5. The maximum atomic E-state index is 12.9. The van der Waals surface area contributed by atoms with Crippen LogP contribution in [0.4, 0.5) is 0 Å². The Morgan fingerprint density at radius 3 is 1.49 bits per heavy atom. The highest BCUT2D eigenvalue weighted by atomic mass is 16.7. The Labute approximate surface area is 364 Å². The van der Waals surface area contributed by atoms with Gasteiger partial charge in [0.1, 0.15) is 55.4 Å². The molecule has 0 radical (unpaired) electrons. The second-order valence-corrected chi connectivity index (χ2v) is 16.6. The monoisotopic (exact) mass is 875 g/mol. The zero-order chi connectivity index (χ0) is 44.7. The first-order valence-electron chi connectivity index (χ1n) is 23.4. The molecular weight excluding hydrogens is 792 g/mol. The van der Waals surface area contributed by atoms with Crippen LogP contribution in [0.3, 0.4) is 0 Å². The van der Waals surface area contributed by atoms with E-state index in [1.807, 2.05) is 0 Å². The zero-order valence-electron chi connectivity index (χ0n) is 37.1. The number of aliphatic hydroxyl groups is 7. The van der Waals surface area contributed by atoms with E-state index in [0.29, 0.717) is 12.8 Å². The molecular formula is C46H82O15. The lowest BCUT2D eigenvalue weighted by Gasteiger charge is -2.42. The van der Waals surface area contributed by atoms with Crippen molar-refractivity contribution < 1.29 is 73.8 Å². The van der Waals surface area contributed by atoms with Crippen molar-refractivity contribution in [3.63, 3.8) is 0 Å². The maximum absolute atomic E-state index is 12.9. The SMILES string of the molecule is CCCC/C=C/CCCCCCCC(=O)OC[C@H](CO[C@@H]1O[C@H](CO[C@@H]2O[C@H](CO)[C@H](O)C(O)C2O)[C@H](O)C(O)C1O)OC(=O)CCCCCCC/C=C/CCCCCCC. The van der Waals surface area contributed by atoms with Crippen molar-refractivity contribution >= 4 is 11.9 Å². The molecule has 2 aliphatic heterocycles. The van der Waals surface area contributed by atoms with Crippen LogP contribution in [0.1, 0.15) is 162 Å². The summed E-state index contributed by atoms with van der Waals surface area (Å²) in [6, 6.07) is 0. The number of carbonyl (C=O) groups excluding carboxylic acids is 2. The molecule has 0 spiro atoms.